The van der Waals surface area contributed by atoms with E-state index in [-0.39, 0.29) is 0 Å². The first kappa shape index (κ1) is 10.4. The summed E-state index contributed by atoms with van der Waals surface area (Å²) in [5.41, 5.74) is 0. The molecule has 1 aromatic rings. The Morgan fingerprint density at radius 1 is 1.47 bits per heavy atom. The number of nitrogens with zero attached hydrogens (tertiary/aromatic N) is 2. The molecular formula is C9H16N4O2. The van der Waals surface area contributed by atoms with Crippen molar-refractivity contribution in [3.63, 3.8) is 0 Å². The number of aromatic nitrogens is 2. The van der Waals surface area contributed by atoms with Gasteiger partial charge < -0.3 is 19.8 Å². The Morgan fingerprint density at radius 3 is 3.13 bits per heavy atom. The van der Waals surface area contributed by atoms with Crippen LogP contribution in [0.2, 0.25) is 0 Å². The second kappa shape index (κ2) is 5.09. The van der Waals surface area contributed by atoms with Crippen LogP contribution in [0.15, 0.2) is 4.42 Å². The quantitative estimate of drug-likeness (QED) is 0.751. The van der Waals surface area contributed by atoms with Gasteiger partial charge in [-0.1, -0.05) is 5.10 Å². The first-order chi connectivity index (χ1) is 7.38. The monoisotopic (exact) mass is 212 g/mol. The second-order valence-corrected chi connectivity index (χ2v) is 3.59. The number of hydrogen-bond acceptors (Lipinski definition) is 6. The molecule has 1 aliphatic heterocycles. The van der Waals surface area contributed by atoms with Crippen LogP contribution in [0.5, 0.6) is 0 Å². The van der Waals surface area contributed by atoms with Gasteiger partial charge in [-0.2, -0.15) is 0 Å². The predicted molar refractivity (Wildman–Crippen MR) is 54.5 cm³/mol. The van der Waals surface area contributed by atoms with Crippen LogP contribution in [0, 0.1) is 0 Å². The van der Waals surface area contributed by atoms with E-state index in [0.717, 1.165) is 19.4 Å². The lowest BCUT2D eigenvalue weighted by Gasteiger charge is -2.21. The van der Waals surface area contributed by atoms with E-state index in [1.165, 1.54) is 0 Å². The molecular weight excluding hydrogens is 196 g/mol. The van der Waals surface area contributed by atoms with Crippen LogP contribution in [-0.2, 0) is 11.3 Å². The van der Waals surface area contributed by atoms with Gasteiger partial charge in [-0.25, -0.2) is 0 Å². The maximum absolute atomic E-state index is 5.38. The molecule has 15 heavy (non-hydrogen) atoms. The van der Waals surface area contributed by atoms with Gasteiger partial charge in [0.15, 0.2) is 0 Å². The SMILES string of the molecule is CNCc1nnc(NC2CCCOC2)o1. The van der Waals surface area contributed by atoms with Crippen molar-refractivity contribution in [3.05, 3.63) is 5.89 Å². The summed E-state index contributed by atoms with van der Waals surface area (Å²) >= 11 is 0. The molecule has 1 saturated heterocycles. The lowest BCUT2D eigenvalue weighted by atomic mass is 10.1. The fourth-order valence-electron chi connectivity index (χ4n) is 1.56. The third-order valence-corrected chi connectivity index (χ3v) is 2.28. The van der Waals surface area contributed by atoms with E-state index in [1.807, 2.05) is 7.05 Å². The molecule has 0 aliphatic carbocycles. The first-order valence-corrected chi connectivity index (χ1v) is 5.20. The van der Waals surface area contributed by atoms with Crippen LogP contribution in [0.25, 0.3) is 0 Å². The Morgan fingerprint density at radius 2 is 2.40 bits per heavy atom. The van der Waals surface area contributed by atoms with Crippen molar-refractivity contribution in [1.82, 2.24) is 15.5 Å². The summed E-state index contributed by atoms with van der Waals surface area (Å²) < 4.78 is 10.7. The van der Waals surface area contributed by atoms with E-state index in [9.17, 15) is 0 Å². The zero-order chi connectivity index (χ0) is 10.5. The predicted octanol–water partition coefficient (Wildman–Crippen LogP) is 0.380. The minimum absolute atomic E-state index is 0.293. The van der Waals surface area contributed by atoms with Crippen LogP contribution < -0.4 is 10.6 Å². The topological polar surface area (TPSA) is 72.2 Å². The number of anilines is 1. The Kier molecular flexibility index (Phi) is 3.52. The Labute approximate surface area is 88.4 Å². The highest BCUT2D eigenvalue weighted by molar-refractivity contribution is 5.19. The van der Waals surface area contributed by atoms with Crippen LogP contribution in [-0.4, -0.2) is 36.5 Å². The van der Waals surface area contributed by atoms with Gasteiger partial charge in [-0.15, -0.1) is 5.10 Å². The maximum atomic E-state index is 5.38. The van der Waals surface area contributed by atoms with E-state index < -0.39 is 0 Å². The van der Waals surface area contributed by atoms with Gasteiger partial charge >= 0.3 is 6.01 Å². The summed E-state index contributed by atoms with van der Waals surface area (Å²) in [4.78, 5) is 0. The molecule has 0 radical (unpaired) electrons. The number of nitrogens with one attached hydrogen (secondary N) is 2. The smallest absolute Gasteiger partial charge is 0.315 e. The maximum Gasteiger partial charge on any atom is 0.315 e. The van der Waals surface area contributed by atoms with E-state index in [0.29, 0.717) is 31.1 Å². The molecule has 0 aromatic carbocycles. The molecule has 0 spiro atoms. The fraction of sp³-hybridized carbons (Fsp3) is 0.778. The second-order valence-electron chi connectivity index (χ2n) is 3.59. The van der Waals surface area contributed by atoms with Crippen LogP contribution in [0.3, 0.4) is 0 Å². The van der Waals surface area contributed by atoms with Gasteiger partial charge in [0.25, 0.3) is 0 Å². The van der Waals surface area contributed by atoms with Gasteiger partial charge in [0, 0.05) is 6.61 Å². The van der Waals surface area contributed by atoms with Crippen molar-refractivity contribution in [2.45, 2.75) is 25.4 Å². The van der Waals surface area contributed by atoms with E-state index >= 15 is 0 Å². The van der Waals surface area contributed by atoms with Gasteiger partial charge in [0.2, 0.25) is 5.89 Å². The summed E-state index contributed by atoms with van der Waals surface area (Å²) in [6, 6.07) is 0.775. The van der Waals surface area contributed by atoms with Crippen molar-refractivity contribution in [2.24, 2.45) is 0 Å². The molecule has 0 bridgehead atoms. The van der Waals surface area contributed by atoms with Gasteiger partial charge in [-0.3, -0.25) is 0 Å². The minimum Gasteiger partial charge on any atom is -0.407 e. The molecule has 1 fully saturated rings. The highest BCUT2D eigenvalue weighted by Crippen LogP contribution is 2.12. The lowest BCUT2D eigenvalue weighted by molar-refractivity contribution is 0.0868. The third kappa shape index (κ3) is 2.90. The summed E-state index contributed by atoms with van der Waals surface area (Å²) in [5.74, 6) is 0.594. The average molecular weight is 212 g/mol. The average Bonchev–Trinajstić information content (AvgIpc) is 2.68. The lowest BCUT2D eigenvalue weighted by Crippen LogP contribution is -2.30. The molecule has 84 valence electrons. The van der Waals surface area contributed by atoms with Gasteiger partial charge in [0.05, 0.1) is 19.2 Å². The molecule has 0 saturated carbocycles. The molecule has 2 N–H and O–H groups in total. The normalized spacial score (nSPS) is 21.5. The van der Waals surface area contributed by atoms with Crippen LogP contribution in [0.4, 0.5) is 6.01 Å². The third-order valence-electron chi connectivity index (χ3n) is 2.28. The fourth-order valence-corrected chi connectivity index (χ4v) is 1.56. The first-order valence-electron chi connectivity index (χ1n) is 5.20. The minimum atomic E-state index is 0.293. The van der Waals surface area contributed by atoms with Crippen molar-refractivity contribution < 1.29 is 9.15 Å². The zero-order valence-corrected chi connectivity index (χ0v) is 8.82. The van der Waals surface area contributed by atoms with E-state index in [4.69, 9.17) is 9.15 Å². The van der Waals surface area contributed by atoms with Crippen molar-refractivity contribution in [3.8, 4) is 0 Å². The standard InChI is InChI=1S/C9H16N4O2/c1-10-5-8-12-13-9(15-8)11-7-3-2-4-14-6-7/h7,10H,2-6H2,1H3,(H,11,13). The van der Waals surface area contributed by atoms with E-state index in [2.05, 4.69) is 20.8 Å². The molecule has 6 nitrogen and oxygen atoms in total. The highest BCUT2D eigenvalue weighted by atomic mass is 16.5. The van der Waals surface area contributed by atoms with Crippen LogP contribution in [0.1, 0.15) is 18.7 Å². The summed E-state index contributed by atoms with van der Waals surface area (Å²) in [6.07, 6.45) is 2.17. The molecule has 1 atom stereocenters. The number of rotatable bonds is 4. The molecule has 0 amide bonds. The molecule has 2 rings (SSSR count). The van der Waals surface area contributed by atoms with E-state index in [1.54, 1.807) is 0 Å². The molecule has 2 heterocycles. The summed E-state index contributed by atoms with van der Waals surface area (Å²) in [6.45, 7) is 2.16. The Balaban J connectivity index is 1.86. The summed E-state index contributed by atoms with van der Waals surface area (Å²) in [7, 11) is 1.84. The molecule has 1 unspecified atom stereocenters. The molecule has 6 heteroatoms. The van der Waals surface area contributed by atoms with Crippen molar-refractivity contribution >= 4 is 6.01 Å². The summed E-state index contributed by atoms with van der Waals surface area (Å²) in [5, 5.41) is 13.9. The van der Waals surface area contributed by atoms with Gasteiger partial charge in [0.1, 0.15) is 0 Å². The molecule has 1 aliphatic rings. The zero-order valence-electron chi connectivity index (χ0n) is 8.82. The Bertz CT molecular complexity index is 296. The molecule has 1 aromatic heterocycles. The van der Waals surface area contributed by atoms with Crippen molar-refractivity contribution in [1.29, 1.82) is 0 Å². The largest absolute Gasteiger partial charge is 0.407 e. The van der Waals surface area contributed by atoms with Gasteiger partial charge in [-0.05, 0) is 19.9 Å². The van der Waals surface area contributed by atoms with Crippen LogP contribution >= 0.6 is 0 Å². The number of hydrogen-bond donors (Lipinski definition) is 2. The Hall–Kier alpha value is -1.14. The highest BCUT2D eigenvalue weighted by Gasteiger charge is 2.16. The van der Waals surface area contributed by atoms with Crippen molar-refractivity contribution in [2.75, 3.05) is 25.6 Å². The number of ether oxygens (including phenoxy) is 1.